The Hall–Kier alpha value is -1.69. The molecule has 2 heterocycles. The van der Waals surface area contributed by atoms with Gasteiger partial charge in [-0.25, -0.2) is 9.97 Å². The van der Waals surface area contributed by atoms with Crippen LogP contribution >= 0.6 is 23.2 Å². The van der Waals surface area contributed by atoms with Crippen LogP contribution in [0.4, 0.5) is 5.82 Å². The van der Waals surface area contributed by atoms with Crippen molar-refractivity contribution in [2.75, 3.05) is 5.32 Å². The SMILES string of the molecule is O=C(Nc1ncnc(Cl)c1Cl)c1ccc2c(c1)COC2. The van der Waals surface area contributed by atoms with Crippen molar-refractivity contribution in [1.29, 1.82) is 0 Å². The Balaban J connectivity index is 1.84. The first-order chi connectivity index (χ1) is 9.65. The van der Waals surface area contributed by atoms with Gasteiger partial charge in [0.05, 0.1) is 13.2 Å². The van der Waals surface area contributed by atoms with E-state index in [1.807, 2.05) is 6.07 Å². The summed E-state index contributed by atoms with van der Waals surface area (Å²) in [6.07, 6.45) is 1.24. The van der Waals surface area contributed by atoms with Gasteiger partial charge in [-0.3, -0.25) is 4.79 Å². The molecule has 20 heavy (non-hydrogen) atoms. The van der Waals surface area contributed by atoms with Crippen LogP contribution < -0.4 is 5.32 Å². The Morgan fingerprint density at radius 1 is 1.20 bits per heavy atom. The van der Waals surface area contributed by atoms with Crippen LogP contribution in [0, 0.1) is 0 Å². The molecule has 0 radical (unpaired) electrons. The van der Waals surface area contributed by atoms with Gasteiger partial charge in [-0.1, -0.05) is 29.3 Å². The minimum atomic E-state index is -0.309. The third kappa shape index (κ3) is 2.47. The quantitative estimate of drug-likeness (QED) is 0.866. The normalized spacial score (nSPS) is 13.1. The maximum atomic E-state index is 12.2. The van der Waals surface area contributed by atoms with Crippen LogP contribution in [0.3, 0.4) is 0 Å². The van der Waals surface area contributed by atoms with Crippen molar-refractivity contribution in [3.8, 4) is 0 Å². The number of amides is 1. The first kappa shape index (κ1) is 13.3. The van der Waals surface area contributed by atoms with Gasteiger partial charge in [0, 0.05) is 5.56 Å². The fourth-order valence-corrected chi connectivity index (χ4v) is 2.21. The Labute approximate surface area is 124 Å². The lowest BCUT2D eigenvalue weighted by molar-refractivity contribution is 0.102. The number of hydrogen-bond donors (Lipinski definition) is 1. The summed E-state index contributed by atoms with van der Waals surface area (Å²) in [4.78, 5) is 19.8. The van der Waals surface area contributed by atoms with E-state index in [9.17, 15) is 4.79 Å². The number of aromatic nitrogens is 2. The molecular weight excluding hydrogens is 301 g/mol. The van der Waals surface area contributed by atoms with Crippen LogP contribution in [0.1, 0.15) is 21.5 Å². The van der Waals surface area contributed by atoms with Crippen molar-refractivity contribution in [1.82, 2.24) is 9.97 Å². The van der Waals surface area contributed by atoms with Crippen LogP contribution in [0.2, 0.25) is 10.2 Å². The molecule has 102 valence electrons. The second-order valence-electron chi connectivity index (χ2n) is 4.26. The van der Waals surface area contributed by atoms with Crippen LogP contribution in [-0.4, -0.2) is 15.9 Å². The van der Waals surface area contributed by atoms with Crippen molar-refractivity contribution < 1.29 is 9.53 Å². The summed E-state index contributed by atoms with van der Waals surface area (Å²) in [5, 5.41) is 2.83. The number of nitrogens with zero attached hydrogens (tertiary/aromatic N) is 2. The van der Waals surface area contributed by atoms with Gasteiger partial charge in [-0.15, -0.1) is 0 Å². The van der Waals surface area contributed by atoms with Gasteiger partial charge in [-0.2, -0.15) is 0 Å². The highest BCUT2D eigenvalue weighted by Crippen LogP contribution is 2.26. The molecule has 0 aliphatic carbocycles. The topological polar surface area (TPSA) is 64.1 Å². The van der Waals surface area contributed by atoms with E-state index in [2.05, 4.69) is 15.3 Å². The molecule has 1 aromatic heterocycles. The van der Waals surface area contributed by atoms with E-state index in [0.717, 1.165) is 11.1 Å². The van der Waals surface area contributed by atoms with Gasteiger partial charge in [0.15, 0.2) is 11.0 Å². The Morgan fingerprint density at radius 3 is 2.85 bits per heavy atom. The first-order valence-electron chi connectivity index (χ1n) is 5.82. The number of carbonyl (C=O) groups is 1. The van der Waals surface area contributed by atoms with E-state index in [-0.39, 0.29) is 21.9 Å². The van der Waals surface area contributed by atoms with E-state index < -0.39 is 0 Å². The zero-order valence-corrected chi connectivity index (χ0v) is 11.7. The summed E-state index contributed by atoms with van der Waals surface area (Å²) >= 11 is 11.7. The first-order valence-corrected chi connectivity index (χ1v) is 6.57. The molecule has 0 saturated carbocycles. The van der Waals surface area contributed by atoms with E-state index in [1.54, 1.807) is 12.1 Å². The number of benzene rings is 1. The lowest BCUT2D eigenvalue weighted by Gasteiger charge is -2.07. The average molecular weight is 310 g/mol. The van der Waals surface area contributed by atoms with Crippen LogP contribution in [0.25, 0.3) is 0 Å². The number of nitrogens with one attached hydrogen (secondary N) is 1. The molecule has 1 aromatic carbocycles. The average Bonchev–Trinajstić information content (AvgIpc) is 2.91. The van der Waals surface area contributed by atoms with E-state index >= 15 is 0 Å². The van der Waals surface area contributed by atoms with Gasteiger partial charge in [-0.05, 0) is 23.3 Å². The highest BCUT2D eigenvalue weighted by atomic mass is 35.5. The molecule has 0 unspecified atom stereocenters. The summed E-state index contributed by atoms with van der Waals surface area (Å²) in [6.45, 7) is 1.11. The second kappa shape index (κ2) is 5.36. The predicted molar refractivity (Wildman–Crippen MR) is 74.9 cm³/mol. The minimum Gasteiger partial charge on any atom is -0.372 e. The number of fused-ring (bicyclic) bond motifs is 1. The summed E-state index contributed by atoms with van der Waals surface area (Å²) in [7, 11) is 0. The third-order valence-electron chi connectivity index (χ3n) is 2.96. The van der Waals surface area contributed by atoms with Crippen molar-refractivity contribution in [2.24, 2.45) is 0 Å². The van der Waals surface area contributed by atoms with Crippen LogP contribution in [0.5, 0.6) is 0 Å². The lowest BCUT2D eigenvalue weighted by atomic mass is 10.1. The Morgan fingerprint density at radius 2 is 2.00 bits per heavy atom. The standard InChI is InChI=1S/C13H9Cl2N3O2/c14-10-11(15)16-6-17-12(10)18-13(19)7-1-2-8-4-20-5-9(8)3-7/h1-3,6H,4-5H2,(H,16,17,18,19). The fraction of sp³-hybridized carbons (Fsp3) is 0.154. The summed E-state index contributed by atoms with van der Waals surface area (Å²) in [5.41, 5.74) is 2.63. The zero-order valence-electron chi connectivity index (χ0n) is 10.2. The number of hydrogen-bond acceptors (Lipinski definition) is 4. The van der Waals surface area contributed by atoms with Crippen LogP contribution in [-0.2, 0) is 18.0 Å². The van der Waals surface area contributed by atoms with E-state index in [1.165, 1.54) is 6.33 Å². The van der Waals surface area contributed by atoms with E-state index in [4.69, 9.17) is 27.9 Å². The fourth-order valence-electron chi connectivity index (χ4n) is 1.93. The molecule has 1 N–H and O–H groups in total. The molecule has 1 aliphatic rings. The molecular formula is C13H9Cl2N3O2. The third-order valence-corrected chi connectivity index (χ3v) is 3.70. The molecule has 0 spiro atoms. The summed E-state index contributed by atoms with van der Waals surface area (Å²) in [5.74, 6) is -0.121. The van der Waals surface area contributed by atoms with Crippen molar-refractivity contribution in [3.63, 3.8) is 0 Å². The van der Waals surface area contributed by atoms with Gasteiger partial charge in [0.25, 0.3) is 5.91 Å². The second-order valence-corrected chi connectivity index (χ2v) is 4.99. The highest BCUT2D eigenvalue weighted by Gasteiger charge is 2.16. The molecule has 2 aromatic rings. The largest absolute Gasteiger partial charge is 0.372 e. The molecule has 1 amide bonds. The van der Waals surface area contributed by atoms with Crippen molar-refractivity contribution >= 4 is 34.9 Å². The molecule has 0 bridgehead atoms. The Kier molecular flexibility index (Phi) is 3.56. The van der Waals surface area contributed by atoms with E-state index in [0.29, 0.717) is 18.8 Å². The van der Waals surface area contributed by atoms with Gasteiger partial charge in [0.2, 0.25) is 0 Å². The van der Waals surface area contributed by atoms with Gasteiger partial charge in [0.1, 0.15) is 11.3 Å². The number of carbonyl (C=O) groups excluding carboxylic acids is 1. The maximum Gasteiger partial charge on any atom is 0.256 e. The number of ether oxygens (including phenoxy) is 1. The molecule has 0 atom stereocenters. The molecule has 0 saturated heterocycles. The summed E-state index contributed by atoms with van der Waals surface area (Å²) < 4.78 is 5.31. The summed E-state index contributed by atoms with van der Waals surface area (Å²) in [6, 6.07) is 5.42. The smallest absolute Gasteiger partial charge is 0.256 e. The monoisotopic (exact) mass is 309 g/mol. The molecule has 5 nitrogen and oxygen atoms in total. The number of halogens is 2. The lowest BCUT2D eigenvalue weighted by Crippen LogP contribution is -2.14. The highest BCUT2D eigenvalue weighted by molar-refractivity contribution is 6.43. The molecule has 7 heteroatoms. The zero-order chi connectivity index (χ0) is 14.1. The molecule has 1 aliphatic heterocycles. The molecule has 3 rings (SSSR count). The van der Waals surface area contributed by atoms with Gasteiger partial charge < -0.3 is 10.1 Å². The molecule has 0 fully saturated rings. The minimum absolute atomic E-state index is 0.0966. The van der Waals surface area contributed by atoms with Crippen molar-refractivity contribution in [3.05, 3.63) is 51.4 Å². The maximum absolute atomic E-state index is 12.2. The number of rotatable bonds is 2. The Bertz CT molecular complexity index is 691. The predicted octanol–water partition coefficient (Wildman–Crippen LogP) is 3.07. The number of anilines is 1. The van der Waals surface area contributed by atoms with Gasteiger partial charge >= 0.3 is 0 Å². The van der Waals surface area contributed by atoms with Crippen LogP contribution in [0.15, 0.2) is 24.5 Å². The van der Waals surface area contributed by atoms with Crippen molar-refractivity contribution in [2.45, 2.75) is 13.2 Å².